The Bertz CT molecular complexity index is 822. The molecule has 150 valence electrons. The second-order valence-electron chi connectivity index (χ2n) is 6.49. The van der Waals surface area contributed by atoms with Crippen LogP contribution in [0.15, 0.2) is 42.5 Å². The summed E-state index contributed by atoms with van der Waals surface area (Å²) in [5.41, 5.74) is 0.696. The number of ether oxygens (including phenoxy) is 2. The molecule has 1 atom stereocenters. The standard InChI is InChI=1S/C21H25FN2O4/c1-5-28-18-11-8-15(12-17(18)22)23-21(26)19(13(2)3)24-20(25)14-6-9-16(27-4)10-7-14/h6-13,19H,5H2,1-4H3,(H,23,26)(H,24,25). The van der Waals surface area contributed by atoms with E-state index in [-0.39, 0.29) is 23.3 Å². The molecule has 0 heterocycles. The van der Waals surface area contributed by atoms with E-state index in [4.69, 9.17) is 9.47 Å². The molecule has 2 aromatic carbocycles. The summed E-state index contributed by atoms with van der Waals surface area (Å²) in [6, 6.07) is 9.97. The molecular formula is C21H25FN2O4. The van der Waals surface area contributed by atoms with Gasteiger partial charge in [-0.3, -0.25) is 9.59 Å². The van der Waals surface area contributed by atoms with Crippen molar-refractivity contribution >= 4 is 17.5 Å². The summed E-state index contributed by atoms with van der Waals surface area (Å²) < 4.78 is 24.2. The Morgan fingerprint density at radius 3 is 2.32 bits per heavy atom. The topological polar surface area (TPSA) is 76.7 Å². The van der Waals surface area contributed by atoms with Crippen molar-refractivity contribution in [3.8, 4) is 11.5 Å². The third kappa shape index (κ3) is 5.45. The van der Waals surface area contributed by atoms with E-state index >= 15 is 0 Å². The molecule has 2 aromatic rings. The zero-order valence-corrected chi connectivity index (χ0v) is 16.4. The molecule has 0 fully saturated rings. The van der Waals surface area contributed by atoms with Crippen molar-refractivity contribution in [1.82, 2.24) is 5.32 Å². The van der Waals surface area contributed by atoms with Crippen molar-refractivity contribution in [1.29, 1.82) is 0 Å². The van der Waals surface area contributed by atoms with E-state index in [1.807, 2.05) is 13.8 Å². The maximum absolute atomic E-state index is 14.0. The van der Waals surface area contributed by atoms with Gasteiger partial charge in [-0.05, 0) is 49.2 Å². The van der Waals surface area contributed by atoms with Crippen molar-refractivity contribution in [3.63, 3.8) is 0 Å². The minimum atomic E-state index is -0.788. The average Bonchev–Trinajstić information content (AvgIpc) is 2.67. The van der Waals surface area contributed by atoms with Crippen LogP contribution < -0.4 is 20.1 Å². The number of carbonyl (C=O) groups excluding carboxylic acids is 2. The molecule has 0 saturated carbocycles. The van der Waals surface area contributed by atoms with Gasteiger partial charge in [0.05, 0.1) is 13.7 Å². The summed E-state index contributed by atoms with van der Waals surface area (Å²) >= 11 is 0. The van der Waals surface area contributed by atoms with Crippen molar-refractivity contribution in [2.24, 2.45) is 5.92 Å². The molecular weight excluding hydrogens is 363 g/mol. The van der Waals surface area contributed by atoms with Gasteiger partial charge < -0.3 is 20.1 Å². The van der Waals surface area contributed by atoms with E-state index in [2.05, 4.69) is 10.6 Å². The van der Waals surface area contributed by atoms with Crippen LogP contribution in [-0.4, -0.2) is 31.6 Å². The van der Waals surface area contributed by atoms with Gasteiger partial charge in [0, 0.05) is 17.3 Å². The van der Waals surface area contributed by atoms with Gasteiger partial charge in [0.1, 0.15) is 11.8 Å². The van der Waals surface area contributed by atoms with Crippen LogP contribution in [0.2, 0.25) is 0 Å². The van der Waals surface area contributed by atoms with E-state index in [1.54, 1.807) is 37.3 Å². The van der Waals surface area contributed by atoms with Crippen LogP contribution in [0.25, 0.3) is 0 Å². The molecule has 0 aliphatic rings. The first-order valence-corrected chi connectivity index (χ1v) is 9.03. The van der Waals surface area contributed by atoms with E-state index in [0.29, 0.717) is 17.9 Å². The molecule has 7 heteroatoms. The highest BCUT2D eigenvalue weighted by molar-refractivity contribution is 6.01. The normalized spacial score (nSPS) is 11.6. The highest BCUT2D eigenvalue weighted by Crippen LogP contribution is 2.21. The lowest BCUT2D eigenvalue weighted by atomic mass is 10.0. The number of amides is 2. The number of rotatable bonds is 8. The molecule has 0 saturated heterocycles. The zero-order chi connectivity index (χ0) is 20.7. The van der Waals surface area contributed by atoms with Gasteiger partial charge >= 0.3 is 0 Å². The summed E-state index contributed by atoms with van der Waals surface area (Å²) in [6.07, 6.45) is 0. The molecule has 2 amide bonds. The Morgan fingerprint density at radius 1 is 1.11 bits per heavy atom. The van der Waals surface area contributed by atoms with Crippen molar-refractivity contribution in [2.75, 3.05) is 19.0 Å². The molecule has 28 heavy (non-hydrogen) atoms. The van der Waals surface area contributed by atoms with Crippen LogP contribution in [0.5, 0.6) is 11.5 Å². The number of anilines is 1. The monoisotopic (exact) mass is 388 g/mol. The molecule has 0 bridgehead atoms. The third-order valence-corrected chi connectivity index (χ3v) is 4.09. The number of nitrogens with one attached hydrogen (secondary N) is 2. The fraction of sp³-hybridized carbons (Fsp3) is 0.333. The number of hydrogen-bond acceptors (Lipinski definition) is 4. The maximum Gasteiger partial charge on any atom is 0.251 e. The van der Waals surface area contributed by atoms with E-state index in [1.165, 1.54) is 19.2 Å². The molecule has 6 nitrogen and oxygen atoms in total. The van der Waals surface area contributed by atoms with Crippen molar-refractivity contribution in [2.45, 2.75) is 26.8 Å². The van der Waals surface area contributed by atoms with Crippen LogP contribution >= 0.6 is 0 Å². The summed E-state index contributed by atoms with van der Waals surface area (Å²) in [5.74, 6) is -0.798. The molecule has 0 aliphatic heterocycles. The Hall–Kier alpha value is -3.09. The highest BCUT2D eigenvalue weighted by Gasteiger charge is 2.25. The Kier molecular flexibility index (Phi) is 7.37. The molecule has 0 radical (unpaired) electrons. The molecule has 0 aromatic heterocycles. The number of benzene rings is 2. The summed E-state index contributed by atoms with van der Waals surface area (Å²) in [7, 11) is 1.54. The number of carbonyl (C=O) groups is 2. The zero-order valence-electron chi connectivity index (χ0n) is 16.4. The summed E-state index contributed by atoms with van der Waals surface area (Å²) in [4.78, 5) is 25.1. The van der Waals surface area contributed by atoms with Gasteiger partial charge in [-0.25, -0.2) is 4.39 Å². The Labute approximate surface area is 164 Å². The lowest BCUT2D eigenvalue weighted by Crippen LogP contribution is -2.47. The van der Waals surface area contributed by atoms with Crippen molar-refractivity contribution < 1.29 is 23.5 Å². The first kappa shape index (κ1) is 21.2. The van der Waals surface area contributed by atoms with Crippen LogP contribution in [0.3, 0.4) is 0 Å². The van der Waals surface area contributed by atoms with Crippen LogP contribution in [0.4, 0.5) is 10.1 Å². The largest absolute Gasteiger partial charge is 0.497 e. The molecule has 2 N–H and O–H groups in total. The van der Waals surface area contributed by atoms with Gasteiger partial charge in [-0.15, -0.1) is 0 Å². The van der Waals surface area contributed by atoms with Gasteiger partial charge in [0.25, 0.3) is 5.91 Å². The smallest absolute Gasteiger partial charge is 0.251 e. The molecule has 0 aliphatic carbocycles. The molecule has 0 spiro atoms. The van der Waals surface area contributed by atoms with Crippen LogP contribution in [-0.2, 0) is 4.79 Å². The quantitative estimate of drug-likeness (QED) is 0.724. The van der Waals surface area contributed by atoms with Gasteiger partial charge in [-0.2, -0.15) is 0 Å². The van der Waals surface area contributed by atoms with E-state index in [0.717, 1.165) is 0 Å². The van der Waals surface area contributed by atoms with Gasteiger partial charge in [-0.1, -0.05) is 13.8 Å². The minimum Gasteiger partial charge on any atom is -0.497 e. The maximum atomic E-state index is 14.0. The predicted molar refractivity (Wildman–Crippen MR) is 105 cm³/mol. The van der Waals surface area contributed by atoms with Crippen LogP contribution in [0.1, 0.15) is 31.1 Å². The second kappa shape index (κ2) is 9.73. The average molecular weight is 388 g/mol. The van der Waals surface area contributed by atoms with Gasteiger partial charge in [0.2, 0.25) is 5.91 Å². The number of hydrogen-bond donors (Lipinski definition) is 2. The first-order valence-electron chi connectivity index (χ1n) is 9.03. The molecule has 1 unspecified atom stereocenters. The lowest BCUT2D eigenvalue weighted by molar-refractivity contribution is -0.118. The van der Waals surface area contributed by atoms with E-state index in [9.17, 15) is 14.0 Å². The van der Waals surface area contributed by atoms with Crippen molar-refractivity contribution in [3.05, 3.63) is 53.8 Å². The van der Waals surface area contributed by atoms with Gasteiger partial charge in [0.15, 0.2) is 11.6 Å². The summed E-state index contributed by atoms with van der Waals surface area (Å²) in [6.45, 7) is 5.73. The number of methoxy groups -OCH3 is 1. The predicted octanol–water partition coefficient (Wildman–Crippen LogP) is 3.63. The fourth-order valence-electron chi connectivity index (χ4n) is 2.57. The second-order valence-corrected chi connectivity index (χ2v) is 6.49. The van der Waals surface area contributed by atoms with Crippen LogP contribution in [0, 0.1) is 11.7 Å². The minimum absolute atomic E-state index is 0.119. The number of halogens is 1. The third-order valence-electron chi connectivity index (χ3n) is 4.09. The Morgan fingerprint density at radius 2 is 1.79 bits per heavy atom. The Balaban J connectivity index is 2.08. The molecule has 2 rings (SSSR count). The fourth-order valence-corrected chi connectivity index (χ4v) is 2.57. The van der Waals surface area contributed by atoms with E-state index < -0.39 is 17.8 Å². The first-order chi connectivity index (χ1) is 13.3. The summed E-state index contributed by atoms with van der Waals surface area (Å²) in [5, 5.41) is 5.37. The SMILES string of the molecule is CCOc1ccc(NC(=O)C(NC(=O)c2ccc(OC)cc2)C(C)C)cc1F. The lowest BCUT2D eigenvalue weighted by Gasteiger charge is -2.22. The highest BCUT2D eigenvalue weighted by atomic mass is 19.1.